The molecular weight excluding hydrogens is 252 g/mol. The quantitative estimate of drug-likeness (QED) is 0.747. The summed E-state index contributed by atoms with van der Waals surface area (Å²) in [6.07, 6.45) is 3.11. The van der Waals surface area contributed by atoms with Gasteiger partial charge >= 0.3 is 0 Å². The minimum absolute atomic E-state index is 0.156. The Bertz CT molecular complexity index is 454. The molecule has 18 heavy (non-hydrogen) atoms. The van der Waals surface area contributed by atoms with Gasteiger partial charge < -0.3 is 9.67 Å². The van der Waals surface area contributed by atoms with Crippen molar-refractivity contribution in [3.63, 3.8) is 0 Å². The number of nitrogens with one attached hydrogen (secondary N) is 1. The molecule has 1 aromatic heterocycles. The number of aryl methyl sites for hydroxylation is 1. The van der Waals surface area contributed by atoms with Crippen molar-refractivity contribution in [3.8, 4) is 0 Å². The smallest absolute Gasteiger partial charge is 0.211 e. The van der Waals surface area contributed by atoms with Crippen LogP contribution < -0.4 is 4.72 Å². The second-order valence-corrected chi connectivity index (χ2v) is 6.34. The molecule has 0 radical (unpaired) electrons. The molecule has 1 aromatic rings. The van der Waals surface area contributed by atoms with Crippen LogP contribution in [0.1, 0.15) is 38.0 Å². The van der Waals surface area contributed by atoms with Crippen molar-refractivity contribution in [1.82, 2.24) is 9.29 Å². The zero-order valence-corrected chi connectivity index (χ0v) is 11.8. The normalized spacial score (nSPS) is 13.7. The molecule has 0 spiro atoms. The highest BCUT2D eigenvalue weighted by Crippen LogP contribution is 2.15. The first kappa shape index (κ1) is 15.2. The summed E-state index contributed by atoms with van der Waals surface area (Å²) in [4.78, 5) is 0. The van der Waals surface area contributed by atoms with Crippen LogP contribution in [0.5, 0.6) is 0 Å². The average molecular weight is 274 g/mol. The number of hydrogen-bond acceptors (Lipinski definition) is 3. The maximum Gasteiger partial charge on any atom is 0.211 e. The summed E-state index contributed by atoms with van der Waals surface area (Å²) in [5.41, 5.74) is 0.794. The molecule has 0 aromatic carbocycles. The molecule has 6 heteroatoms. The van der Waals surface area contributed by atoms with Gasteiger partial charge in [-0.3, -0.25) is 0 Å². The van der Waals surface area contributed by atoms with Crippen molar-refractivity contribution in [2.24, 2.45) is 7.05 Å². The van der Waals surface area contributed by atoms with Crippen LogP contribution in [-0.2, 0) is 17.1 Å². The number of aliphatic hydroxyl groups excluding tert-OH is 1. The third-order valence-corrected chi connectivity index (χ3v) is 4.30. The Labute approximate surface area is 109 Å². The zero-order chi connectivity index (χ0) is 13.6. The predicted octanol–water partition coefficient (Wildman–Crippen LogP) is 1.17. The van der Waals surface area contributed by atoms with Gasteiger partial charge in [-0.15, -0.1) is 0 Å². The van der Waals surface area contributed by atoms with Crippen molar-refractivity contribution < 1.29 is 13.5 Å². The molecule has 1 unspecified atom stereocenters. The SMILES string of the molecule is CCCCS(=O)(=O)NCCC(O)c1cccn1C. The van der Waals surface area contributed by atoms with Gasteiger partial charge in [0.2, 0.25) is 10.0 Å². The number of rotatable bonds is 8. The molecule has 104 valence electrons. The van der Waals surface area contributed by atoms with Crippen LogP contribution >= 0.6 is 0 Å². The fourth-order valence-corrected chi connectivity index (χ4v) is 2.97. The van der Waals surface area contributed by atoms with Crippen molar-refractivity contribution in [3.05, 3.63) is 24.0 Å². The van der Waals surface area contributed by atoms with Gasteiger partial charge in [0.05, 0.1) is 11.9 Å². The van der Waals surface area contributed by atoms with Crippen LogP contribution in [-0.4, -0.2) is 30.4 Å². The zero-order valence-electron chi connectivity index (χ0n) is 11.0. The minimum atomic E-state index is -3.19. The van der Waals surface area contributed by atoms with Crippen LogP contribution in [0.15, 0.2) is 18.3 Å². The molecule has 0 amide bonds. The summed E-state index contributed by atoms with van der Waals surface area (Å²) >= 11 is 0. The lowest BCUT2D eigenvalue weighted by Crippen LogP contribution is -2.28. The molecule has 0 aliphatic carbocycles. The molecule has 2 N–H and O–H groups in total. The van der Waals surface area contributed by atoms with E-state index in [1.807, 2.05) is 36.9 Å². The molecule has 1 heterocycles. The maximum absolute atomic E-state index is 11.5. The summed E-state index contributed by atoms with van der Waals surface area (Å²) in [6.45, 7) is 2.22. The van der Waals surface area contributed by atoms with Gasteiger partial charge in [0.15, 0.2) is 0 Å². The van der Waals surface area contributed by atoms with E-state index in [0.717, 1.165) is 12.1 Å². The van der Waals surface area contributed by atoms with E-state index in [4.69, 9.17) is 0 Å². The van der Waals surface area contributed by atoms with Gasteiger partial charge in [-0.05, 0) is 25.0 Å². The number of sulfonamides is 1. The van der Waals surface area contributed by atoms with Crippen molar-refractivity contribution in [2.75, 3.05) is 12.3 Å². The van der Waals surface area contributed by atoms with E-state index in [1.165, 1.54) is 0 Å². The van der Waals surface area contributed by atoms with Crippen molar-refractivity contribution in [2.45, 2.75) is 32.3 Å². The Kier molecular flexibility index (Phi) is 5.84. The Morgan fingerprint density at radius 2 is 2.22 bits per heavy atom. The highest BCUT2D eigenvalue weighted by Gasteiger charge is 2.13. The van der Waals surface area contributed by atoms with Gasteiger partial charge in [0.25, 0.3) is 0 Å². The minimum Gasteiger partial charge on any atom is -0.387 e. The lowest BCUT2D eigenvalue weighted by molar-refractivity contribution is 0.161. The fraction of sp³-hybridized carbons (Fsp3) is 0.667. The van der Waals surface area contributed by atoms with Gasteiger partial charge in [0.1, 0.15) is 0 Å². The highest BCUT2D eigenvalue weighted by atomic mass is 32.2. The van der Waals surface area contributed by atoms with Gasteiger partial charge in [-0.2, -0.15) is 0 Å². The number of nitrogens with zero attached hydrogens (tertiary/aromatic N) is 1. The molecule has 0 aliphatic heterocycles. The van der Waals surface area contributed by atoms with Crippen LogP contribution in [0.4, 0.5) is 0 Å². The van der Waals surface area contributed by atoms with Gasteiger partial charge in [-0.1, -0.05) is 13.3 Å². The second-order valence-electron chi connectivity index (χ2n) is 4.42. The Morgan fingerprint density at radius 3 is 2.78 bits per heavy atom. The largest absolute Gasteiger partial charge is 0.387 e. The number of unbranched alkanes of at least 4 members (excludes halogenated alkanes) is 1. The molecule has 5 nitrogen and oxygen atoms in total. The molecule has 0 aliphatic rings. The van der Waals surface area contributed by atoms with Crippen molar-refractivity contribution in [1.29, 1.82) is 0 Å². The lowest BCUT2D eigenvalue weighted by Gasteiger charge is -2.12. The lowest BCUT2D eigenvalue weighted by atomic mass is 10.2. The predicted molar refractivity (Wildman–Crippen MR) is 71.7 cm³/mol. The Hall–Kier alpha value is -0.850. The third kappa shape index (κ3) is 4.80. The standard InChI is InChI=1S/C12H22N2O3S/c1-3-4-10-18(16,17)13-8-7-12(15)11-6-5-9-14(11)2/h5-6,9,12-13,15H,3-4,7-8,10H2,1-2H3. The van der Waals surface area contributed by atoms with E-state index >= 15 is 0 Å². The van der Waals surface area contributed by atoms with E-state index < -0.39 is 16.1 Å². The molecule has 1 atom stereocenters. The number of aromatic nitrogens is 1. The molecular formula is C12H22N2O3S. The second kappa shape index (κ2) is 6.92. The van der Waals surface area contributed by atoms with Crippen LogP contribution in [0.25, 0.3) is 0 Å². The van der Waals surface area contributed by atoms with E-state index in [-0.39, 0.29) is 12.3 Å². The maximum atomic E-state index is 11.5. The van der Waals surface area contributed by atoms with Crippen LogP contribution in [0.3, 0.4) is 0 Å². The monoisotopic (exact) mass is 274 g/mol. The first-order valence-corrected chi connectivity index (χ1v) is 7.88. The van der Waals surface area contributed by atoms with E-state index in [9.17, 15) is 13.5 Å². The first-order valence-electron chi connectivity index (χ1n) is 6.23. The fourth-order valence-electron chi connectivity index (χ4n) is 1.73. The molecule has 0 saturated heterocycles. The number of aliphatic hydroxyl groups is 1. The van der Waals surface area contributed by atoms with Crippen molar-refractivity contribution >= 4 is 10.0 Å². The summed E-state index contributed by atoms with van der Waals surface area (Å²) in [6, 6.07) is 3.68. The molecule has 0 bridgehead atoms. The van der Waals surface area contributed by atoms with Crippen LogP contribution in [0, 0.1) is 0 Å². The van der Waals surface area contributed by atoms with E-state index in [2.05, 4.69) is 4.72 Å². The summed E-state index contributed by atoms with van der Waals surface area (Å²) in [7, 11) is -1.34. The van der Waals surface area contributed by atoms with E-state index in [0.29, 0.717) is 12.8 Å². The summed E-state index contributed by atoms with van der Waals surface area (Å²) in [5.74, 6) is 0.156. The first-order chi connectivity index (χ1) is 8.46. The topological polar surface area (TPSA) is 71.3 Å². The van der Waals surface area contributed by atoms with Crippen LogP contribution in [0.2, 0.25) is 0 Å². The van der Waals surface area contributed by atoms with Gasteiger partial charge in [-0.25, -0.2) is 13.1 Å². The molecule has 1 rings (SSSR count). The Morgan fingerprint density at radius 1 is 1.50 bits per heavy atom. The molecule has 0 saturated carbocycles. The van der Waals surface area contributed by atoms with Gasteiger partial charge in [0, 0.05) is 25.5 Å². The summed E-state index contributed by atoms with van der Waals surface area (Å²) < 4.78 is 27.4. The number of hydrogen-bond donors (Lipinski definition) is 2. The Balaban J connectivity index is 2.36. The highest BCUT2D eigenvalue weighted by molar-refractivity contribution is 7.89. The van der Waals surface area contributed by atoms with E-state index in [1.54, 1.807) is 0 Å². The molecule has 0 fully saturated rings. The summed E-state index contributed by atoms with van der Waals surface area (Å²) in [5, 5.41) is 9.91. The average Bonchev–Trinajstić information content (AvgIpc) is 2.72. The third-order valence-electron chi connectivity index (χ3n) is 2.83.